The zero-order chi connectivity index (χ0) is 14.1. The van der Waals surface area contributed by atoms with Crippen LogP contribution in [-0.4, -0.2) is 18.3 Å². The zero-order valence-corrected chi connectivity index (χ0v) is 12.9. The maximum atomic E-state index is 6.20. The van der Waals surface area contributed by atoms with E-state index in [0.29, 0.717) is 0 Å². The van der Waals surface area contributed by atoms with Gasteiger partial charge in [-0.15, -0.1) is 6.58 Å². The fourth-order valence-corrected chi connectivity index (χ4v) is 2.85. The third kappa shape index (κ3) is 2.98. The molecule has 106 valence electrons. The molecule has 0 atom stereocenters. The van der Waals surface area contributed by atoms with E-state index in [2.05, 4.69) is 34.3 Å². The van der Waals surface area contributed by atoms with Gasteiger partial charge in [0.1, 0.15) is 0 Å². The van der Waals surface area contributed by atoms with Crippen molar-refractivity contribution in [2.75, 3.05) is 0 Å². The summed E-state index contributed by atoms with van der Waals surface area (Å²) in [5, 5.41) is 0. The summed E-state index contributed by atoms with van der Waals surface area (Å²) in [5.74, 6) is 0. The van der Waals surface area contributed by atoms with Crippen molar-refractivity contribution in [3.05, 3.63) is 23.7 Å². The van der Waals surface area contributed by atoms with Gasteiger partial charge in [-0.25, -0.2) is 0 Å². The van der Waals surface area contributed by atoms with Crippen molar-refractivity contribution in [3.8, 4) is 0 Å². The van der Waals surface area contributed by atoms with Crippen molar-refractivity contribution < 1.29 is 9.31 Å². The summed E-state index contributed by atoms with van der Waals surface area (Å²) in [7, 11) is -0.184. The molecule has 2 aliphatic rings. The van der Waals surface area contributed by atoms with Crippen LogP contribution in [0.3, 0.4) is 0 Å². The van der Waals surface area contributed by atoms with Crippen molar-refractivity contribution >= 4 is 7.12 Å². The highest BCUT2D eigenvalue weighted by atomic mass is 16.7. The number of allylic oxidation sites excluding steroid dienone is 3. The highest BCUT2D eigenvalue weighted by Gasteiger charge is 2.52. The van der Waals surface area contributed by atoms with Crippen molar-refractivity contribution in [1.82, 2.24) is 0 Å². The van der Waals surface area contributed by atoms with Crippen LogP contribution in [0.25, 0.3) is 0 Å². The molecule has 1 aliphatic heterocycles. The average molecular weight is 262 g/mol. The van der Waals surface area contributed by atoms with Crippen LogP contribution in [0.5, 0.6) is 0 Å². The van der Waals surface area contributed by atoms with Crippen LogP contribution in [0.4, 0.5) is 0 Å². The fraction of sp³-hybridized carbons (Fsp3) is 0.750. The minimum Gasteiger partial charge on any atom is -0.400 e. The predicted octanol–water partition coefficient (Wildman–Crippen LogP) is 4.45. The average Bonchev–Trinajstić information content (AvgIpc) is 2.56. The lowest BCUT2D eigenvalue weighted by atomic mass is 9.70. The maximum absolute atomic E-state index is 6.20. The van der Waals surface area contributed by atoms with Gasteiger partial charge in [0.05, 0.1) is 11.2 Å². The van der Waals surface area contributed by atoms with Crippen molar-refractivity contribution in [2.45, 2.75) is 77.4 Å². The normalized spacial score (nSPS) is 25.5. The first-order valence-electron chi connectivity index (χ1n) is 7.55. The van der Waals surface area contributed by atoms with E-state index in [-0.39, 0.29) is 18.3 Å². The summed E-state index contributed by atoms with van der Waals surface area (Å²) in [6.07, 6.45) is 9.22. The fourth-order valence-electron chi connectivity index (χ4n) is 2.85. The van der Waals surface area contributed by atoms with Crippen LogP contribution in [0.15, 0.2) is 23.7 Å². The zero-order valence-electron chi connectivity index (χ0n) is 12.9. The number of hydrogen-bond acceptors (Lipinski definition) is 2. The second-order valence-electron chi connectivity index (χ2n) is 6.77. The van der Waals surface area contributed by atoms with Gasteiger partial charge in [-0.2, -0.15) is 0 Å². The monoisotopic (exact) mass is 262 g/mol. The molecule has 1 heterocycles. The molecule has 0 aromatic heterocycles. The van der Waals surface area contributed by atoms with E-state index in [0.717, 1.165) is 6.42 Å². The minimum atomic E-state index is -0.251. The SMILES string of the molecule is C=CCC(B1OC(C)(C)C(C)(C)O1)=C1CCCCC1. The highest BCUT2D eigenvalue weighted by molar-refractivity contribution is 6.54. The van der Waals surface area contributed by atoms with Gasteiger partial charge in [-0.05, 0) is 65.3 Å². The van der Waals surface area contributed by atoms with Crippen molar-refractivity contribution in [3.63, 3.8) is 0 Å². The molecule has 0 aromatic rings. The molecule has 0 amide bonds. The van der Waals surface area contributed by atoms with E-state index in [1.807, 2.05) is 6.08 Å². The maximum Gasteiger partial charge on any atom is 0.490 e. The second kappa shape index (κ2) is 5.45. The van der Waals surface area contributed by atoms with Crippen LogP contribution in [0, 0.1) is 0 Å². The van der Waals surface area contributed by atoms with E-state index >= 15 is 0 Å². The second-order valence-corrected chi connectivity index (χ2v) is 6.77. The molecule has 19 heavy (non-hydrogen) atoms. The lowest BCUT2D eigenvalue weighted by molar-refractivity contribution is 0.00578. The molecule has 0 bridgehead atoms. The Morgan fingerprint density at radius 2 is 1.63 bits per heavy atom. The summed E-state index contributed by atoms with van der Waals surface area (Å²) >= 11 is 0. The molecule has 0 spiro atoms. The summed E-state index contributed by atoms with van der Waals surface area (Å²) in [6, 6.07) is 0. The molecular formula is C16H27BO2. The van der Waals surface area contributed by atoms with Gasteiger partial charge in [0.25, 0.3) is 0 Å². The topological polar surface area (TPSA) is 18.5 Å². The van der Waals surface area contributed by atoms with E-state index in [1.165, 1.54) is 37.6 Å². The summed E-state index contributed by atoms with van der Waals surface area (Å²) in [4.78, 5) is 0. The van der Waals surface area contributed by atoms with Gasteiger partial charge in [0.2, 0.25) is 0 Å². The van der Waals surface area contributed by atoms with E-state index < -0.39 is 0 Å². The Hall–Kier alpha value is -0.535. The first-order chi connectivity index (χ1) is 8.87. The van der Waals surface area contributed by atoms with Gasteiger partial charge < -0.3 is 9.31 Å². The molecule has 0 N–H and O–H groups in total. The Bertz CT molecular complexity index is 358. The number of rotatable bonds is 3. The Kier molecular flexibility index (Phi) is 4.27. The van der Waals surface area contributed by atoms with Gasteiger partial charge in [0, 0.05) is 0 Å². The first-order valence-corrected chi connectivity index (χ1v) is 7.55. The Balaban J connectivity index is 2.24. The minimum absolute atomic E-state index is 0.184. The smallest absolute Gasteiger partial charge is 0.400 e. The third-order valence-corrected chi connectivity index (χ3v) is 4.81. The summed E-state index contributed by atoms with van der Waals surface area (Å²) in [5.41, 5.74) is 2.37. The molecule has 1 saturated heterocycles. The van der Waals surface area contributed by atoms with Crippen LogP contribution < -0.4 is 0 Å². The molecule has 1 saturated carbocycles. The Morgan fingerprint density at radius 3 is 2.11 bits per heavy atom. The summed E-state index contributed by atoms with van der Waals surface area (Å²) in [6.45, 7) is 12.4. The van der Waals surface area contributed by atoms with Crippen molar-refractivity contribution in [2.24, 2.45) is 0 Å². The predicted molar refractivity (Wildman–Crippen MR) is 81.0 cm³/mol. The van der Waals surface area contributed by atoms with Gasteiger partial charge >= 0.3 is 7.12 Å². The first kappa shape index (κ1) is 14.9. The lowest BCUT2D eigenvalue weighted by Crippen LogP contribution is -2.41. The molecule has 0 unspecified atom stereocenters. The largest absolute Gasteiger partial charge is 0.490 e. The lowest BCUT2D eigenvalue weighted by Gasteiger charge is -2.32. The van der Waals surface area contributed by atoms with Gasteiger partial charge in [-0.1, -0.05) is 18.1 Å². The van der Waals surface area contributed by atoms with E-state index in [1.54, 1.807) is 5.57 Å². The standard InChI is InChI=1S/C16H27BO2/c1-6-10-14(13-11-8-7-9-12-13)17-18-15(2,3)16(4,5)19-17/h6H,1,7-12H2,2-5H3. The third-order valence-electron chi connectivity index (χ3n) is 4.81. The quantitative estimate of drug-likeness (QED) is 0.552. The molecule has 2 nitrogen and oxygen atoms in total. The molecule has 1 aliphatic carbocycles. The molecule has 2 fully saturated rings. The van der Waals surface area contributed by atoms with Crippen LogP contribution >= 0.6 is 0 Å². The van der Waals surface area contributed by atoms with Crippen molar-refractivity contribution in [1.29, 1.82) is 0 Å². The molecule has 0 aromatic carbocycles. The molecule has 0 radical (unpaired) electrons. The molecule has 3 heteroatoms. The molecular weight excluding hydrogens is 235 g/mol. The molecule has 2 rings (SSSR count). The Morgan fingerprint density at radius 1 is 1.11 bits per heavy atom. The van der Waals surface area contributed by atoms with E-state index in [9.17, 15) is 0 Å². The van der Waals surface area contributed by atoms with E-state index in [4.69, 9.17) is 9.31 Å². The highest BCUT2D eigenvalue weighted by Crippen LogP contribution is 2.41. The summed E-state index contributed by atoms with van der Waals surface area (Å²) < 4.78 is 12.4. The van der Waals surface area contributed by atoms with Gasteiger partial charge in [0.15, 0.2) is 0 Å². The van der Waals surface area contributed by atoms with Crippen LogP contribution in [0.1, 0.15) is 66.2 Å². The van der Waals surface area contributed by atoms with Crippen LogP contribution in [0.2, 0.25) is 0 Å². The van der Waals surface area contributed by atoms with Gasteiger partial charge in [-0.3, -0.25) is 0 Å². The van der Waals surface area contributed by atoms with Crippen LogP contribution in [-0.2, 0) is 9.31 Å². The Labute approximate surface area is 118 Å². The number of hydrogen-bond donors (Lipinski definition) is 0.